The highest BCUT2D eigenvalue weighted by atomic mass is 32.2. The van der Waals surface area contributed by atoms with Gasteiger partial charge >= 0.3 is 0 Å². The number of rotatable bonds is 4. The molecular weight excluding hydrogens is 252 g/mol. The lowest BCUT2D eigenvalue weighted by Crippen LogP contribution is -2.28. The Bertz CT molecular complexity index is 391. The van der Waals surface area contributed by atoms with E-state index in [1.165, 1.54) is 30.4 Å². The molecule has 1 unspecified atom stereocenters. The van der Waals surface area contributed by atoms with Crippen molar-refractivity contribution in [1.29, 1.82) is 0 Å². The van der Waals surface area contributed by atoms with E-state index in [9.17, 15) is 8.78 Å². The Morgan fingerprint density at radius 1 is 1.28 bits per heavy atom. The predicted octanol–water partition coefficient (Wildman–Crippen LogP) is 3.37. The van der Waals surface area contributed by atoms with Crippen molar-refractivity contribution >= 4 is 11.8 Å². The van der Waals surface area contributed by atoms with Gasteiger partial charge in [0.25, 0.3) is 0 Å². The van der Waals surface area contributed by atoms with Crippen molar-refractivity contribution in [2.45, 2.75) is 31.7 Å². The quantitative estimate of drug-likeness (QED) is 0.908. The number of halogens is 2. The zero-order valence-electron chi connectivity index (χ0n) is 10.4. The molecule has 1 aromatic rings. The molecule has 1 heterocycles. The summed E-state index contributed by atoms with van der Waals surface area (Å²) in [4.78, 5) is 0. The van der Waals surface area contributed by atoms with Gasteiger partial charge in [-0.2, -0.15) is 11.8 Å². The number of hydrogen-bond donors (Lipinski definition) is 1. The number of thioether (sulfide) groups is 1. The SMILES string of the molecule is NC(Cc1cccc(F)c1F)CC1CCSCC1. The first-order valence-electron chi connectivity index (χ1n) is 6.43. The van der Waals surface area contributed by atoms with Gasteiger partial charge in [0.05, 0.1) is 0 Å². The average Bonchev–Trinajstić information content (AvgIpc) is 2.36. The topological polar surface area (TPSA) is 26.0 Å². The molecule has 1 aromatic carbocycles. The van der Waals surface area contributed by atoms with E-state index in [1.54, 1.807) is 6.07 Å². The van der Waals surface area contributed by atoms with Crippen molar-refractivity contribution in [3.8, 4) is 0 Å². The van der Waals surface area contributed by atoms with Crippen molar-refractivity contribution in [2.24, 2.45) is 11.7 Å². The Morgan fingerprint density at radius 2 is 2.00 bits per heavy atom. The molecule has 0 aliphatic carbocycles. The van der Waals surface area contributed by atoms with Crippen LogP contribution in [0.25, 0.3) is 0 Å². The van der Waals surface area contributed by atoms with Crippen LogP contribution >= 0.6 is 11.8 Å². The molecule has 1 fully saturated rings. The van der Waals surface area contributed by atoms with Gasteiger partial charge in [-0.1, -0.05) is 12.1 Å². The fraction of sp³-hybridized carbons (Fsp3) is 0.571. The first-order valence-corrected chi connectivity index (χ1v) is 7.58. The van der Waals surface area contributed by atoms with E-state index in [4.69, 9.17) is 5.73 Å². The summed E-state index contributed by atoms with van der Waals surface area (Å²) in [5.74, 6) is 1.52. The van der Waals surface area contributed by atoms with Crippen LogP contribution in [0.3, 0.4) is 0 Å². The van der Waals surface area contributed by atoms with Crippen LogP contribution in [-0.2, 0) is 6.42 Å². The number of hydrogen-bond acceptors (Lipinski definition) is 2. The van der Waals surface area contributed by atoms with Crippen molar-refractivity contribution in [3.05, 3.63) is 35.4 Å². The first-order chi connectivity index (χ1) is 8.66. The highest BCUT2D eigenvalue weighted by Gasteiger charge is 2.18. The standard InChI is InChI=1S/C14H19F2NS/c15-13-3-1-2-11(14(13)16)9-12(17)8-10-4-6-18-7-5-10/h1-3,10,12H,4-9,17H2. The van der Waals surface area contributed by atoms with E-state index in [0.717, 1.165) is 12.5 Å². The maximum absolute atomic E-state index is 13.5. The van der Waals surface area contributed by atoms with Crippen LogP contribution in [0.15, 0.2) is 18.2 Å². The van der Waals surface area contributed by atoms with Gasteiger partial charge in [-0.05, 0) is 54.7 Å². The summed E-state index contributed by atoms with van der Waals surface area (Å²) < 4.78 is 26.6. The molecule has 100 valence electrons. The largest absolute Gasteiger partial charge is 0.327 e. The van der Waals surface area contributed by atoms with Crippen LogP contribution in [0.5, 0.6) is 0 Å². The summed E-state index contributed by atoms with van der Waals surface area (Å²) in [7, 11) is 0. The van der Waals surface area contributed by atoms with E-state index in [1.807, 2.05) is 11.8 Å². The second-order valence-corrected chi connectivity index (χ2v) is 6.19. The molecule has 0 spiro atoms. The van der Waals surface area contributed by atoms with Crippen LogP contribution in [0.4, 0.5) is 8.78 Å². The minimum Gasteiger partial charge on any atom is -0.327 e. The second kappa shape index (κ2) is 6.53. The third kappa shape index (κ3) is 3.69. The maximum Gasteiger partial charge on any atom is 0.162 e. The number of benzene rings is 1. The van der Waals surface area contributed by atoms with Crippen molar-refractivity contribution in [3.63, 3.8) is 0 Å². The molecule has 0 aromatic heterocycles. The van der Waals surface area contributed by atoms with Crippen LogP contribution < -0.4 is 5.73 Å². The molecule has 2 N–H and O–H groups in total. The van der Waals surface area contributed by atoms with Gasteiger partial charge < -0.3 is 5.73 Å². The molecular formula is C14H19F2NS. The molecule has 1 aliphatic heterocycles. The lowest BCUT2D eigenvalue weighted by molar-refractivity contribution is 0.401. The Morgan fingerprint density at radius 3 is 2.72 bits per heavy atom. The summed E-state index contributed by atoms with van der Waals surface area (Å²) in [6.07, 6.45) is 3.73. The van der Waals surface area contributed by atoms with Crippen LogP contribution in [0.1, 0.15) is 24.8 Å². The molecule has 4 heteroatoms. The zero-order chi connectivity index (χ0) is 13.0. The third-order valence-electron chi connectivity index (χ3n) is 3.49. The molecule has 18 heavy (non-hydrogen) atoms. The summed E-state index contributed by atoms with van der Waals surface area (Å²) >= 11 is 1.98. The van der Waals surface area contributed by atoms with Gasteiger partial charge in [0, 0.05) is 6.04 Å². The molecule has 0 amide bonds. The van der Waals surface area contributed by atoms with E-state index >= 15 is 0 Å². The fourth-order valence-corrected chi connectivity index (χ4v) is 3.69. The summed E-state index contributed by atoms with van der Waals surface area (Å²) in [5.41, 5.74) is 6.46. The van der Waals surface area contributed by atoms with Crippen molar-refractivity contribution in [2.75, 3.05) is 11.5 Å². The highest BCUT2D eigenvalue weighted by Crippen LogP contribution is 2.26. The molecule has 1 aliphatic rings. The van der Waals surface area contributed by atoms with Gasteiger partial charge in [-0.25, -0.2) is 8.78 Å². The minimum atomic E-state index is -0.784. The van der Waals surface area contributed by atoms with E-state index < -0.39 is 11.6 Å². The summed E-state index contributed by atoms with van der Waals surface area (Å²) in [5, 5.41) is 0. The van der Waals surface area contributed by atoms with E-state index in [0.29, 0.717) is 17.9 Å². The lowest BCUT2D eigenvalue weighted by atomic mass is 9.91. The Kier molecular flexibility index (Phi) is 5.01. The Hall–Kier alpha value is -0.610. The van der Waals surface area contributed by atoms with Gasteiger partial charge in [0.2, 0.25) is 0 Å². The maximum atomic E-state index is 13.5. The predicted molar refractivity (Wildman–Crippen MR) is 72.7 cm³/mol. The molecule has 1 nitrogen and oxygen atoms in total. The molecule has 2 rings (SSSR count). The van der Waals surface area contributed by atoms with Crippen molar-refractivity contribution < 1.29 is 8.78 Å². The third-order valence-corrected chi connectivity index (χ3v) is 4.54. The fourth-order valence-electron chi connectivity index (χ4n) is 2.48. The van der Waals surface area contributed by atoms with E-state index in [-0.39, 0.29) is 6.04 Å². The summed E-state index contributed by atoms with van der Waals surface area (Å²) in [6, 6.07) is 4.23. The van der Waals surface area contributed by atoms with Crippen LogP contribution in [0, 0.1) is 17.6 Å². The van der Waals surface area contributed by atoms with Gasteiger partial charge in [-0.3, -0.25) is 0 Å². The second-order valence-electron chi connectivity index (χ2n) is 4.97. The highest BCUT2D eigenvalue weighted by molar-refractivity contribution is 7.99. The lowest BCUT2D eigenvalue weighted by Gasteiger charge is -2.24. The minimum absolute atomic E-state index is 0.0746. The van der Waals surface area contributed by atoms with Crippen molar-refractivity contribution in [1.82, 2.24) is 0 Å². The van der Waals surface area contributed by atoms with Gasteiger partial charge in [0.1, 0.15) is 0 Å². The monoisotopic (exact) mass is 271 g/mol. The van der Waals surface area contributed by atoms with Gasteiger partial charge in [0.15, 0.2) is 11.6 Å². The molecule has 1 atom stereocenters. The molecule has 0 saturated carbocycles. The molecule has 0 bridgehead atoms. The first kappa shape index (κ1) is 13.8. The molecule has 1 saturated heterocycles. The zero-order valence-corrected chi connectivity index (χ0v) is 11.2. The van der Waals surface area contributed by atoms with E-state index in [2.05, 4.69) is 0 Å². The van der Waals surface area contributed by atoms with Gasteiger partial charge in [-0.15, -0.1) is 0 Å². The normalized spacial score (nSPS) is 18.8. The Balaban J connectivity index is 1.90. The van der Waals surface area contributed by atoms with Crippen LogP contribution in [0.2, 0.25) is 0 Å². The average molecular weight is 271 g/mol. The Labute approximate surface area is 111 Å². The van der Waals surface area contributed by atoms with Crippen LogP contribution in [-0.4, -0.2) is 17.5 Å². The molecule has 0 radical (unpaired) electrons. The number of nitrogens with two attached hydrogens (primary N) is 1. The smallest absolute Gasteiger partial charge is 0.162 e. The summed E-state index contributed by atoms with van der Waals surface area (Å²) in [6.45, 7) is 0.